The highest BCUT2D eigenvalue weighted by molar-refractivity contribution is 7.99. The summed E-state index contributed by atoms with van der Waals surface area (Å²) in [4.78, 5) is 30.2. The van der Waals surface area contributed by atoms with E-state index in [-0.39, 0.29) is 23.2 Å². The second-order valence-electron chi connectivity index (χ2n) is 7.00. The molecule has 0 atom stereocenters. The highest BCUT2D eigenvalue weighted by Gasteiger charge is 2.15. The number of halogens is 1. The van der Waals surface area contributed by atoms with Crippen LogP contribution in [-0.2, 0) is 18.3 Å². The molecule has 0 N–H and O–H groups in total. The molecule has 1 aromatic carbocycles. The summed E-state index contributed by atoms with van der Waals surface area (Å²) < 4.78 is 9.00. The maximum atomic E-state index is 13.1. The Kier molecular flexibility index (Phi) is 7.16. The molecule has 0 amide bonds. The number of hydrogen-bond acceptors (Lipinski definition) is 5. The molecule has 0 aliphatic rings. The lowest BCUT2D eigenvalue weighted by Gasteiger charge is -2.14. The first-order valence-electron chi connectivity index (χ1n) is 9.46. The third kappa shape index (κ3) is 5.29. The summed E-state index contributed by atoms with van der Waals surface area (Å²) in [6.45, 7) is 4.97. The number of Topliss-reactive ketones (excluding diaryl/α,β-unsaturated/α-hetero) is 1. The summed E-state index contributed by atoms with van der Waals surface area (Å²) in [6, 6.07) is 8.67. The van der Waals surface area contributed by atoms with Gasteiger partial charge in [-0.05, 0) is 50.6 Å². The molecule has 0 unspecified atom stereocenters. The minimum Gasteiger partial charge on any atom is -0.379 e. The molecule has 0 fully saturated rings. The lowest BCUT2D eigenvalue weighted by molar-refractivity contribution is 0.0743. The van der Waals surface area contributed by atoms with Gasteiger partial charge in [0, 0.05) is 31.4 Å². The van der Waals surface area contributed by atoms with Crippen molar-refractivity contribution in [3.8, 4) is 0 Å². The molecule has 0 aliphatic carbocycles. The lowest BCUT2D eigenvalue weighted by Crippen LogP contribution is -2.25. The van der Waals surface area contributed by atoms with E-state index in [1.165, 1.54) is 11.8 Å². The molecule has 6 nitrogen and oxygen atoms in total. The van der Waals surface area contributed by atoms with Crippen LogP contribution in [0.15, 0.2) is 46.5 Å². The van der Waals surface area contributed by atoms with Crippen molar-refractivity contribution in [1.82, 2.24) is 14.1 Å². The zero-order valence-electron chi connectivity index (χ0n) is 16.7. The van der Waals surface area contributed by atoms with E-state index in [1.54, 1.807) is 33.4 Å². The van der Waals surface area contributed by atoms with Crippen molar-refractivity contribution in [3.63, 3.8) is 0 Å². The number of hydrogen-bond donors (Lipinski definition) is 0. The van der Waals surface area contributed by atoms with Crippen LogP contribution in [0.2, 0.25) is 5.02 Å². The first-order valence-corrected chi connectivity index (χ1v) is 10.8. The Morgan fingerprint density at radius 1 is 1.31 bits per heavy atom. The number of thioether (sulfide) groups is 1. The van der Waals surface area contributed by atoms with Crippen molar-refractivity contribution in [2.24, 2.45) is 7.05 Å². The summed E-state index contributed by atoms with van der Waals surface area (Å²) in [6.07, 6.45) is 2.65. The van der Waals surface area contributed by atoms with Crippen LogP contribution in [0, 0.1) is 0 Å². The number of benzene rings is 1. The predicted octanol–water partition coefficient (Wildman–Crippen LogP) is 4.18. The van der Waals surface area contributed by atoms with Crippen LogP contribution in [0.5, 0.6) is 0 Å². The molecule has 3 rings (SSSR count). The minimum atomic E-state index is -0.134. The second kappa shape index (κ2) is 9.61. The molecule has 8 heteroatoms. The van der Waals surface area contributed by atoms with E-state index >= 15 is 0 Å². The molecular formula is C21H24ClN3O3S. The summed E-state index contributed by atoms with van der Waals surface area (Å²) in [5.41, 5.74) is 1.02. The monoisotopic (exact) mass is 433 g/mol. The normalized spacial score (nSPS) is 11.5. The first kappa shape index (κ1) is 21.6. The number of carbonyl (C=O) groups is 1. The van der Waals surface area contributed by atoms with E-state index in [2.05, 4.69) is 4.98 Å². The molecule has 0 saturated carbocycles. The maximum Gasteiger partial charge on any atom is 0.262 e. The van der Waals surface area contributed by atoms with Crippen LogP contribution in [0.3, 0.4) is 0 Å². The molecule has 2 aromatic heterocycles. The Labute approximate surface area is 178 Å². The van der Waals surface area contributed by atoms with Crippen molar-refractivity contribution in [1.29, 1.82) is 0 Å². The molecule has 0 bridgehead atoms. The number of aromatic nitrogens is 3. The molecular weight excluding hydrogens is 410 g/mol. The van der Waals surface area contributed by atoms with E-state index in [4.69, 9.17) is 16.3 Å². The van der Waals surface area contributed by atoms with Crippen LogP contribution in [0.1, 0.15) is 30.8 Å². The Balaban J connectivity index is 1.87. The van der Waals surface area contributed by atoms with Gasteiger partial charge in [-0.2, -0.15) is 0 Å². The van der Waals surface area contributed by atoms with Crippen LogP contribution in [0.4, 0.5) is 0 Å². The number of carbonyl (C=O) groups excluding carboxylic acids is 1. The Hall–Kier alpha value is -2.09. The number of ether oxygens (including phenoxy) is 1. The summed E-state index contributed by atoms with van der Waals surface area (Å²) in [7, 11) is 1.83. The molecule has 0 radical (unpaired) electrons. The molecule has 154 valence electrons. The molecule has 0 saturated heterocycles. The SMILES string of the molecule is CC(C)OCCCn1c(SCC(=O)c2cccn2C)nc2cc(Cl)ccc2c1=O. The predicted molar refractivity (Wildman–Crippen MR) is 117 cm³/mol. The fraction of sp³-hybridized carbons (Fsp3) is 0.381. The van der Waals surface area contributed by atoms with Gasteiger partial charge in [-0.25, -0.2) is 4.98 Å². The molecule has 29 heavy (non-hydrogen) atoms. The topological polar surface area (TPSA) is 66.1 Å². The second-order valence-corrected chi connectivity index (χ2v) is 8.38. The van der Waals surface area contributed by atoms with Crippen LogP contribution >= 0.6 is 23.4 Å². The third-order valence-electron chi connectivity index (χ3n) is 4.42. The average molecular weight is 434 g/mol. The number of fused-ring (bicyclic) bond motifs is 1. The number of nitrogens with zero attached hydrogens (tertiary/aromatic N) is 3. The Bertz CT molecular complexity index is 1070. The van der Waals surface area contributed by atoms with E-state index in [1.807, 2.05) is 33.2 Å². The number of rotatable bonds is 9. The van der Waals surface area contributed by atoms with Crippen molar-refractivity contribution >= 4 is 40.0 Å². The summed E-state index contributed by atoms with van der Waals surface area (Å²) in [5, 5.41) is 1.54. The molecule has 0 aliphatic heterocycles. The van der Waals surface area contributed by atoms with E-state index in [0.29, 0.717) is 46.3 Å². The largest absolute Gasteiger partial charge is 0.379 e. The number of ketones is 1. The van der Waals surface area contributed by atoms with Crippen molar-refractivity contribution in [2.75, 3.05) is 12.4 Å². The standard InChI is InChI=1S/C21H24ClN3O3S/c1-14(2)28-11-5-10-25-20(27)16-8-7-15(22)12-17(16)23-21(25)29-13-19(26)18-6-4-9-24(18)3/h4,6-9,12,14H,5,10-11,13H2,1-3H3. The zero-order valence-corrected chi connectivity index (χ0v) is 18.3. The van der Waals surface area contributed by atoms with Gasteiger partial charge in [-0.3, -0.25) is 14.2 Å². The van der Waals surface area contributed by atoms with E-state index < -0.39 is 0 Å². The molecule has 0 spiro atoms. The molecule has 2 heterocycles. The quantitative estimate of drug-likeness (QED) is 0.219. The lowest BCUT2D eigenvalue weighted by atomic mass is 10.2. The van der Waals surface area contributed by atoms with Gasteiger partial charge in [0.25, 0.3) is 5.56 Å². The first-order chi connectivity index (χ1) is 13.9. The van der Waals surface area contributed by atoms with E-state index in [0.717, 1.165) is 0 Å². The zero-order chi connectivity index (χ0) is 21.0. The van der Waals surface area contributed by atoms with E-state index in [9.17, 15) is 9.59 Å². The fourth-order valence-electron chi connectivity index (χ4n) is 2.98. The van der Waals surface area contributed by atoms with Crippen molar-refractivity contribution in [3.05, 3.63) is 57.6 Å². The van der Waals surface area contributed by atoms with Gasteiger partial charge in [-0.15, -0.1) is 0 Å². The summed E-state index contributed by atoms with van der Waals surface area (Å²) >= 11 is 7.34. The summed E-state index contributed by atoms with van der Waals surface area (Å²) in [5.74, 6) is 0.177. The Morgan fingerprint density at radius 3 is 2.79 bits per heavy atom. The average Bonchev–Trinajstić information content (AvgIpc) is 3.10. The number of aryl methyl sites for hydroxylation is 1. The van der Waals surface area contributed by atoms with Gasteiger partial charge < -0.3 is 9.30 Å². The fourth-order valence-corrected chi connectivity index (χ4v) is 4.05. The van der Waals surface area contributed by atoms with Gasteiger partial charge in [0.1, 0.15) is 0 Å². The smallest absolute Gasteiger partial charge is 0.262 e. The maximum absolute atomic E-state index is 13.1. The van der Waals surface area contributed by atoms with Crippen LogP contribution in [-0.4, -0.2) is 38.4 Å². The van der Waals surface area contributed by atoms with Crippen molar-refractivity contribution in [2.45, 2.75) is 38.1 Å². The third-order valence-corrected chi connectivity index (χ3v) is 5.63. The van der Waals surface area contributed by atoms with Crippen molar-refractivity contribution < 1.29 is 9.53 Å². The van der Waals surface area contributed by atoms with Gasteiger partial charge >= 0.3 is 0 Å². The van der Waals surface area contributed by atoms with Crippen LogP contribution in [0.25, 0.3) is 10.9 Å². The Morgan fingerprint density at radius 2 is 2.10 bits per heavy atom. The molecule has 3 aromatic rings. The highest BCUT2D eigenvalue weighted by Crippen LogP contribution is 2.21. The van der Waals surface area contributed by atoms with Gasteiger partial charge in [0.2, 0.25) is 0 Å². The highest BCUT2D eigenvalue weighted by atomic mass is 35.5. The van der Waals surface area contributed by atoms with Gasteiger partial charge in [-0.1, -0.05) is 23.4 Å². The minimum absolute atomic E-state index is 0.0161. The van der Waals surface area contributed by atoms with Gasteiger partial charge in [0.05, 0.1) is 28.5 Å². The van der Waals surface area contributed by atoms with Gasteiger partial charge in [0.15, 0.2) is 10.9 Å². The van der Waals surface area contributed by atoms with Crippen LogP contribution < -0.4 is 5.56 Å².